The summed E-state index contributed by atoms with van der Waals surface area (Å²) in [6.45, 7) is 2.97. The van der Waals surface area contributed by atoms with Crippen LogP contribution in [0.15, 0.2) is 12.1 Å². The average molecular weight is 287 g/mol. The van der Waals surface area contributed by atoms with Gasteiger partial charge in [0.25, 0.3) is 5.91 Å². The van der Waals surface area contributed by atoms with Gasteiger partial charge in [-0.2, -0.15) is 0 Å². The Hall–Kier alpha value is -0.930. The van der Waals surface area contributed by atoms with Crippen molar-refractivity contribution in [2.75, 3.05) is 19.3 Å². The van der Waals surface area contributed by atoms with Crippen molar-refractivity contribution in [1.82, 2.24) is 4.90 Å². The van der Waals surface area contributed by atoms with Crippen LogP contribution in [-0.4, -0.2) is 24.4 Å². The van der Waals surface area contributed by atoms with Crippen LogP contribution in [0.3, 0.4) is 0 Å². The summed E-state index contributed by atoms with van der Waals surface area (Å²) < 4.78 is 0. The molecule has 2 atom stereocenters. The SMILES string of the molecule is CC1CC1CN(C)C(=O)c1cc(Cl)c(N)c(Cl)c1. The fourth-order valence-corrected chi connectivity index (χ4v) is 2.50. The number of amides is 1. The molecule has 0 bridgehead atoms. The Morgan fingerprint density at radius 1 is 1.44 bits per heavy atom. The van der Waals surface area contributed by atoms with Gasteiger partial charge in [0, 0.05) is 19.2 Å². The van der Waals surface area contributed by atoms with Crippen LogP contribution in [0.5, 0.6) is 0 Å². The molecule has 0 radical (unpaired) electrons. The van der Waals surface area contributed by atoms with Crippen LogP contribution in [0, 0.1) is 11.8 Å². The molecular weight excluding hydrogens is 271 g/mol. The third kappa shape index (κ3) is 2.73. The van der Waals surface area contributed by atoms with E-state index in [1.165, 1.54) is 6.42 Å². The molecule has 0 saturated heterocycles. The maximum Gasteiger partial charge on any atom is 0.253 e. The van der Waals surface area contributed by atoms with Gasteiger partial charge in [0.1, 0.15) is 0 Å². The first kappa shape index (κ1) is 13.5. The van der Waals surface area contributed by atoms with E-state index in [9.17, 15) is 4.79 Å². The number of hydrogen-bond acceptors (Lipinski definition) is 2. The maximum atomic E-state index is 12.2. The van der Waals surface area contributed by atoms with E-state index in [1.807, 2.05) is 0 Å². The summed E-state index contributed by atoms with van der Waals surface area (Å²) in [5.41, 5.74) is 6.44. The van der Waals surface area contributed by atoms with Crippen molar-refractivity contribution in [3.63, 3.8) is 0 Å². The van der Waals surface area contributed by atoms with Gasteiger partial charge in [0.2, 0.25) is 0 Å². The Bertz CT molecular complexity index is 467. The van der Waals surface area contributed by atoms with Crippen LogP contribution in [0.4, 0.5) is 5.69 Å². The minimum atomic E-state index is -0.0714. The van der Waals surface area contributed by atoms with E-state index >= 15 is 0 Å². The molecule has 1 aliphatic rings. The second-order valence-corrected chi connectivity index (χ2v) is 5.83. The number of rotatable bonds is 3. The molecular formula is C13H16Cl2N2O. The molecule has 3 nitrogen and oxygen atoms in total. The highest BCUT2D eigenvalue weighted by Gasteiger charge is 2.34. The summed E-state index contributed by atoms with van der Waals surface area (Å²) in [6.07, 6.45) is 1.20. The van der Waals surface area contributed by atoms with Gasteiger partial charge >= 0.3 is 0 Å². The van der Waals surface area contributed by atoms with E-state index in [0.717, 1.165) is 12.5 Å². The molecule has 0 aromatic heterocycles. The van der Waals surface area contributed by atoms with Gasteiger partial charge in [-0.1, -0.05) is 30.1 Å². The lowest BCUT2D eigenvalue weighted by atomic mass is 10.1. The highest BCUT2D eigenvalue weighted by molar-refractivity contribution is 6.39. The fraction of sp³-hybridized carbons (Fsp3) is 0.462. The Morgan fingerprint density at radius 2 is 1.94 bits per heavy atom. The van der Waals surface area contributed by atoms with Crippen LogP contribution in [0.2, 0.25) is 10.0 Å². The predicted octanol–water partition coefficient (Wildman–Crippen LogP) is 3.30. The monoisotopic (exact) mass is 286 g/mol. The van der Waals surface area contributed by atoms with E-state index in [0.29, 0.717) is 27.2 Å². The minimum Gasteiger partial charge on any atom is -0.396 e. The van der Waals surface area contributed by atoms with Gasteiger partial charge in [0.15, 0.2) is 0 Å². The molecule has 1 aromatic carbocycles. The molecule has 1 amide bonds. The van der Waals surface area contributed by atoms with Crippen molar-refractivity contribution >= 4 is 34.8 Å². The summed E-state index contributed by atoms with van der Waals surface area (Å²) in [7, 11) is 1.80. The smallest absolute Gasteiger partial charge is 0.253 e. The molecule has 0 heterocycles. The molecule has 2 unspecified atom stereocenters. The first-order valence-electron chi connectivity index (χ1n) is 5.90. The third-order valence-corrected chi connectivity index (χ3v) is 4.08. The number of carbonyl (C=O) groups excluding carboxylic acids is 1. The van der Waals surface area contributed by atoms with E-state index in [2.05, 4.69) is 6.92 Å². The predicted molar refractivity (Wildman–Crippen MR) is 75.1 cm³/mol. The number of benzene rings is 1. The molecule has 1 saturated carbocycles. The largest absolute Gasteiger partial charge is 0.396 e. The summed E-state index contributed by atoms with van der Waals surface area (Å²) >= 11 is 11.9. The molecule has 2 rings (SSSR count). The third-order valence-electron chi connectivity index (χ3n) is 3.46. The number of nitrogen functional groups attached to an aromatic ring is 1. The maximum absolute atomic E-state index is 12.2. The van der Waals surface area contributed by atoms with Gasteiger partial charge < -0.3 is 10.6 Å². The van der Waals surface area contributed by atoms with Crippen LogP contribution in [0.25, 0.3) is 0 Å². The molecule has 0 spiro atoms. The Morgan fingerprint density at radius 3 is 2.39 bits per heavy atom. The van der Waals surface area contributed by atoms with Gasteiger partial charge in [-0.25, -0.2) is 0 Å². The van der Waals surface area contributed by atoms with E-state index in [1.54, 1.807) is 24.1 Å². The molecule has 0 aliphatic heterocycles. The number of halogens is 2. The number of hydrogen-bond donors (Lipinski definition) is 1. The first-order chi connectivity index (χ1) is 8.40. The molecule has 1 fully saturated rings. The van der Waals surface area contributed by atoms with Crippen molar-refractivity contribution in [2.24, 2.45) is 11.8 Å². The lowest BCUT2D eigenvalue weighted by Gasteiger charge is -2.17. The first-order valence-corrected chi connectivity index (χ1v) is 6.65. The van der Waals surface area contributed by atoms with Gasteiger partial charge in [-0.05, 0) is 30.4 Å². The molecule has 18 heavy (non-hydrogen) atoms. The summed E-state index contributed by atoms with van der Waals surface area (Å²) in [5, 5.41) is 0.637. The lowest BCUT2D eigenvalue weighted by molar-refractivity contribution is 0.0787. The van der Waals surface area contributed by atoms with Gasteiger partial charge in [-0.3, -0.25) is 4.79 Å². The highest BCUT2D eigenvalue weighted by Crippen LogP contribution is 2.38. The normalized spacial score (nSPS) is 21.8. The topological polar surface area (TPSA) is 46.3 Å². The average Bonchev–Trinajstić information content (AvgIpc) is 3.00. The molecule has 1 aromatic rings. The zero-order valence-corrected chi connectivity index (χ0v) is 11.9. The number of nitrogens with zero attached hydrogens (tertiary/aromatic N) is 1. The molecule has 5 heteroatoms. The van der Waals surface area contributed by atoms with Crippen molar-refractivity contribution < 1.29 is 4.79 Å². The summed E-state index contributed by atoms with van der Waals surface area (Å²) in [6, 6.07) is 3.13. The lowest BCUT2D eigenvalue weighted by Crippen LogP contribution is -2.29. The van der Waals surface area contributed by atoms with Crippen molar-refractivity contribution in [3.8, 4) is 0 Å². The van der Waals surface area contributed by atoms with Crippen molar-refractivity contribution in [1.29, 1.82) is 0 Å². The Labute approximate surface area is 117 Å². The van der Waals surface area contributed by atoms with E-state index < -0.39 is 0 Å². The zero-order chi connectivity index (χ0) is 13.4. The second kappa shape index (κ2) is 4.98. The molecule has 2 N–H and O–H groups in total. The van der Waals surface area contributed by atoms with Crippen LogP contribution in [-0.2, 0) is 0 Å². The minimum absolute atomic E-state index is 0.0714. The number of anilines is 1. The van der Waals surface area contributed by atoms with Crippen LogP contribution < -0.4 is 5.73 Å². The summed E-state index contributed by atoms with van der Waals surface area (Å²) in [5.74, 6) is 1.27. The van der Waals surface area contributed by atoms with E-state index in [4.69, 9.17) is 28.9 Å². The Kier molecular flexibility index (Phi) is 3.74. The number of nitrogens with two attached hydrogens (primary N) is 1. The molecule has 1 aliphatic carbocycles. The Balaban J connectivity index is 2.13. The fourth-order valence-electron chi connectivity index (χ4n) is 2.02. The van der Waals surface area contributed by atoms with Crippen molar-refractivity contribution in [2.45, 2.75) is 13.3 Å². The van der Waals surface area contributed by atoms with E-state index in [-0.39, 0.29) is 5.91 Å². The zero-order valence-electron chi connectivity index (χ0n) is 10.4. The quantitative estimate of drug-likeness (QED) is 0.867. The standard InChI is InChI=1S/C13H16Cl2N2O/c1-7-3-9(7)6-17(2)13(18)8-4-10(14)12(16)11(15)5-8/h4-5,7,9H,3,6,16H2,1-2H3. The second-order valence-electron chi connectivity index (χ2n) is 5.01. The molecule has 98 valence electrons. The number of carbonyl (C=O) groups is 1. The van der Waals surface area contributed by atoms with Crippen LogP contribution >= 0.6 is 23.2 Å². The van der Waals surface area contributed by atoms with Crippen molar-refractivity contribution in [3.05, 3.63) is 27.7 Å². The van der Waals surface area contributed by atoms with Gasteiger partial charge in [-0.15, -0.1) is 0 Å². The van der Waals surface area contributed by atoms with Gasteiger partial charge in [0.05, 0.1) is 15.7 Å². The highest BCUT2D eigenvalue weighted by atomic mass is 35.5. The van der Waals surface area contributed by atoms with Crippen LogP contribution in [0.1, 0.15) is 23.7 Å². The summed E-state index contributed by atoms with van der Waals surface area (Å²) in [4.78, 5) is 13.9.